The number of non-ortho nitro benzene ring substituents is 1. The lowest BCUT2D eigenvalue weighted by molar-refractivity contribution is -0.384. The van der Waals surface area contributed by atoms with E-state index in [0.717, 1.165) is 5.56 Å². The van der Waals surface area contributed by atoms with Gasteiger partial charge < -0.3 is 5.32 Å². The molecule has 4 aromatic rings. The standard InChI is InChI=1S/C23H17N5O3/c29-23(18-9-5-2-6-10-18)24-22(17-7-3-1-4-8-17)15-19-16-27(26-25-19)20-11-13-21(14-12-20)28(30)31/h1-16H,(H,24,29)/b22-15+. The van der Waals surface area contributed by atoms with Crippen LogP contribution in [-0.4, -0.2) is 25.8 Å². The maximum absolute atomic E-state index is 12.7. The summed E-state index contributed by atoms with van der Waals surface area (Å²) in [7, 11) is 0. The van der Waals surface area contributed by atoms with Gasteiger partial charge in [-0.25, -0.2) is 4.68 Å². The molecule has 1 N–H and O–H groups in total. The van der Waals surface area contributed by atoms with Crippen LogP contribution in [-0.2, 0) is 0 Å². The number of nitro groups is 1. The molecule has 0 fully saturated rings. The molecule has 0 aliphatic rings. The number of carbonyl (C=O) groups excluding carboxylic acids is 1. The Bertz CT molecular complexity index is 1230. The Kier molecular flexibility index (Phi) is 5.62. The Balaban J connectivity index is 1.63. The average Bonchev–Trinajstić information content (AvgIpc) is 3.28. The van der Waals surface area contributed by atoms with E-state index >= 15 is 0 Å². The molecule has 0 atom stereocenters. The molecule has 8 nitrogen and oxygen atoms in total. The highest BCUT2D eigenvalue weighted by Gasteiger charge is 2.11. The van der Waals surface area contributed by atoms with Crippen molar-refractivity contribution in [2.24, 2.45) is 0 Å². The number of rotatable bonds is 6. The minimum absolute atomic E-state index is 0.000951. The minimum atomic E-state index is -0.458. The Morgan fingerprint density at radius 3 is 2.13 bits per heavy atom. The largest absolute Gasteiger partial charge is 0.321 e. The molecule has 4 rings (SSSR count). The van der Waals surface area contributed by atoms with Crippen molar-refractivity contribution in [1.82, 2.24) is 20.3 Å². The summed E-state index contributed by atoms with van der Waals surface area (Å²) >= 11 is 0. The van der Waals surface area contributed by atoms with Gasteiger partial charge in [-0.3, -0.25) is 14.9 Å². The lowest BCUT2D eigenvalue weighted by Gasteiger charge is -2.10. The van der Waals surface area contributed by atoms with Crippen LogP contribution in [0, 0.1) is 10.1 Å². The predicted molar refractivity (Wildman–Crippen MR) is 116 cm³/mol. The van der Waals surface area contributed by atoms with E-state index in [4.69, 9.17) is 0 Å². The molecule has 8 heteroatoms. The van der Waals surface area contributed by atoms with Gasteiger partial charge in [-0.2, -0.15) is 0 Å². The zero-order chi connectivity index (χ0) is 21.6. The Morgan fingerprint density at radius 1 is 0.903 bits per heavy atom. The van der Waals surface area contributed by atoms with Gasteiger partial charge >= 0.3 is 0 Å². The predicted octanol–water partition coefficient (Wildman–Crippen LogP) is 4.10. The summed E-state index contributed by atoms with van der Waals surface area (Å²) < 4.78 is 1.51. The fourth-order valence-electron chi connectivity index (χ4n) is 2.94. The minimum Gasteiger partial charge on any atom is -0.321 e. The molecule has 0 aliphatic carbocycles. The van der Waals surface area contributed by atoms with E-state index in [-0.39, 0.29) is 11.6 Å². The van der Waals surface area contributed by atoms with E-state index in [0.29, 0.717) is 22.6 Å². The second kappa shape index (κ2) is 8.83. The molecule has 0 bridgehead atoms. The molecule has 1 heterocycles. The SMILES string of the molecule is O=C(N/C(=C/c1cn(-c2ccc([N+](=O)[O-])cc2)nn1)c1ccccc1)c1ccccc1. The molecule has 0 unspecified atom stereocenters. The van der Waals surface area contributed by atoms with E-state index in [2.05, 4.69) is 15.6 Å². The highest BCUT2D eigenvalue weighted by atomic mass is 16.6. The molecule has 0 saturated carbocycles. The average molecular weight is 411 g/mol. The highest BCUT2D eigenvalue weighted by molar-refractivity contribution is 6.01. The lowest BCUT2D eigenvalue weighted by Crippen LogP contribution is -2.21. The van der Waals surface area contributed by atoms with Crippen LogP contribution in [0.5, 0.6) is 0 Å². The number of hydrogen-bond donors (Lipinski definition) is 1. The first-order chi connectivity index (χ1) is 15.1. The smallest absolute Gasteiger partial charge is 0.269 e. The molecule has 1 amide bonds. The fraction of sp³-hybridized carbons (Fsp3) is 0. The number of nitro benzene ring substituents is 1. The summed E-state index contributed by atoms with van der Waals surface area (Å²) in [5.41, 5.74) is 3.08. The van der Waals surface area contributed by atoms with Crippen molar-refractivity contribution in [3.05, 3.63) is 118 Å². The highest BCUT2D eigenvalue weighted by Crippen LogP contribution is 2.18. The van der Waals surface area contributed by atoms with E-state index in [1.54, 1.807) is 48.7 Å². The number of amides is 1. The number of carbonyl (C=O) groups is 1. The van der Waals surface area contributed by atoms with Gasteiger partial charge in [0.2, 0.25) is 0 Å². The van der Waals surface area contributed by atoms with Crippen LogP contribution in [0.3, 0.4) is 0 Å². The lowest BCUT2D eigenvalue weighted by atomic mass is 10.1. The molecule has 0 aliphatic heterocycles. The second-order valence-electron chi connectivity index (χ2n) is 6.61. The van der Waals surface area contributed by atoms with Crippen LogP contribution in [0.1, 0.15) is 21.6 Å². The van der Waals surface area contributed by atoms with E-state index in [1.165, 1.54) is 16.8 Å². The van der Waals surface area contributed by atoms with E-state index in [1.807, 2.05) is 36.4 Å². The van der Waals surface area contributed by atoms with Crippen LogP contribution >= 0.6 is 0 Å². The van der Waals surface area contributed by atoms with Crippen LogP contribution in [0.25, 0.3) is 17.5 Å². The summed E-state index contributed by atoms with van der Waals surface area (Å²) in [4.78, 5) is 23.1. The third-order valence-corrected chi connectivity index (χ3v) is 4.50. The monoisotopic (exact) mass is 411 g/mol. The van der Waals surface area contributed by atoms with Crippen molar-refractivity contribution in [3.63, 3.8) is 0 Å². The first-order valence-electron chi connectivity index (χ1n) is 9.41. The van der Waals surface area contributed by atoms with Gasteiger partial charge in [0, 0.05) is 17.7 Å². The molecule has 1 aromatic heterocycles. The summed E-state index contributed by atoms with van der Waals surface area (Å²) in [5.74, 6) is -0.238. The first-order valence-corrected chi connectivity index (χ1v) is 9.41. The van der Waals surface area contributed by atoms with Gasteiger partial charge in [0.1, 0.15) is 5.69 Å². The van der Waals surface area contributed by atoms with Crippen molar-refractivity contribution in [2.75, 3.05) is 0 Å². The van der Waals surface area contributed by atoms with E-state index in [9.17, 15) is 14.9 Å². The quantitative estimate of drug-likeness (QED) is 0.380. The molecule has 152 valence electrons. The van der Waals surface area contributed by atoms with E-state index < -0.39 is 4.92 Å². The summed E-state index contributed by atoms with van der Waals surface area (Å²) in [6.45, 7) is 0. The number of nitrogens with one attached hydrogen (secondary N) is 1. The zero-order valence-electron chi connectivity index (χ0n) is 16.3. The molecular weight excluding hydrogens is 394 g/mol. The zero-order valence-corrected chi connectivity index (χ0v) is 16.3. The second-order valence-corrected chi connectivity index (χ2v) is 6.61. The van der Waals surface area contributed by atoms with Crippen LogP contribution in [0.15, 0.2) is 91.1 Å². The Labute approximate surface area is 177 Å². The molecular formula is C23H17N5O3. The third-order valence-electron chi connectivity index (χ3n) is 4.50. The Hall–Kier alpha value is -4.59. The maximum atomic E-state index is 12.7. The molecule has 0 saturated heterocycles. The number of nitrogens with zero attached hydrogens (tertiary/aromatic N) is 4. The van der Waals surface area contributed by atoms with Crippen molar-refractivity contribution in [3.8, 4) is 5.69 Å². The normalized spacial score (nSPS) is 11.2. The van der Waals surface area contributed by atoms with Gasteiger partial charge in [-0.1, -0.05) is 53.7 Å². The topological polar surface area (TPSA) is 103 Å². The van der Waals surface area contributed by atoms with Crippen molar-refractivity contribution in [2.45, 2.75) is 0 Å². The third kappa shape index (κ3) is 4.70. The van der Waals surface area contributed by atoms with Crippen molar-refractivity contribution >= 4 is 23.4 Å². The molecule has 31 heavy (non-hydrogen) atoms. The fourth-order valence-corrected chi connectivity index (χ4v) is 2.94. The number of aromatic nitrogens is 3. The van der Waals surface area contributed by atoms with Gasteiger partial charge in [-0.15, -0.1) is 5.10 Å². The number of hydrogen-bond acceptors (Lipinski definition) is 5. The molecule has 0 spiro atoms. The van der Waals surface area contributed by atoms with Gasteiger partial charge in [0.15, 0.2) is 0 Å². The van der Waals surface area contributed by atoms with Crippen molar-refractivity contribution in [1.29, 1.82) is 0 Å². The first kappa shape index (κ1) is 19.7. The molecule has 3 aromatic carbocycles. The van der Waals surface area contributed by atoms with Crippen LogP contribution in [0.4, 0.5) is 5.69 Å². The van der Waals surface area contributed by atoms with Gasteiger partial charge in [0.05, 0.1) is 22.5 Å². The summed E-state index contributed by atoms with van der Waals surface area (Å²) in [6.07, 6.45) is 3.41. The molecule has 0 radical (unpaired) electrons. The van der Waals surface area contributed by atoms with Gasteiger partial charge in [-0.05, 0) is 35.9 Å². The van der Waals surface area contributed by atoms with Crippen LogP contribution < -0.4 is 5.32 Å². The van der Waals surface area contributed by atoms with Crippen LogP contribution in [0.2, 0.25) is 0 Å². The number of benzene rings is 3. The summed E-state index contributed by atoms with van der Waals surface area (Å²) in [5, 5.41) is 22.0. The van der Waals surface area contributed by atoms with Gasteiger partial charge in [0.25, 0.3) is 11.6 Å². The summed E-state index contributed by atoms with van der Waals surface area (Å²) in [6, 6.07) is 24.4. The van der Waals surface area contributed by atoms with Crippen molar-refractivity contribution < 1.29 is 9.72 Å². The maximum Gasteiger partial charge on any atom is 0.269 e. The Morgan fingerprint density at radius 2 is 1.52 bits per heavy atom.